The second-order valence-electron chi connectivity index (χ2n) is 10.00. The Hall–Kier alpha value is -0.730. The third-order valence-electron chi connectivity index (χ3n) is 8.76. The molecule has 0 heterocycles. The van der Waals surface area contributed by atoms with E-state index in [4.69, 9.17) is 5.53 Å². The fourth-order valence-corrected chi connectivity index (χ4v) is 6.87. The molecule has 7 atom stereocenters. The van der Waals surface area contributed by atoms with E-state index >= 15 is 0 Å². The summed E-state index contributed by atoms with van der Waals surface area (Å²) in [5.41, 5.74) is 7.95. The van der Waals surface area contributed by atoms with Gasteiger partial charge in [0.25, 0.3) is 0 Å². The van der Waals surface area contributed by atoms with Gasteiger partial charge in [0, 0.05) is 10.3 Å². The molecule has 4 nitrogen and oxygen atoms in total. The van der Waals surface area contributed by atoms with E-state index < -0.39 is 5.72 Å². The van der Waals surface area contributed by atoms with E-state index in [-0.39, 0.29) is 5.41 Å². The summed E-state index contributed by atoms with van der Waals surface area (Å²) in [5.74, 6) is 3.22. The number of hydrogen-bond acceptors (Lipinski definition) is 2. The molecule has 3 saturated carbocycles. The Kier molecular flexibility index (Phi) is 4.45. The third kappa shape index (κ3) is 2.49. The first-order chi connectivity index (χ1) is 11.2. The summed E-state index contributed by atoms with van der Waals surface area (Å²) >= 11 is 0. The van der Waals surface area contributed by atoms with Gasteiger partial charge in [-0.15, -0.1) is 0 Å². The zero-order valence-electron chi connectivity index (χ0n) is 16.1. The predicted octanol–water partition coefficient (Wildman–Crippen LogP) is 5.91. The third-order valence-corrected chi connectivity index (χ3v) is 8.76. The summed E-state index contributed by atoms with van der Waals surface area (Å²) in [6.45, 7) is 11.9. The average Bonchev–Trinajstić information content (AvgIpc) is 2.49. The number of azide groups is 1. The van der Waals surface area contributed by atoms with E-state index in [1.807, 2.05) is 0 Å². The molecule has 3 fully saturated rings. The SMILES string of the molecule is C[C@@H]1CCC(O)(N=[N+]=[N-])[C@@]2(C)CC[C@H]3[C@H](C)CC[C@@H](C[C@H]12)C3(C)C. The number of nitrogens with zero attached hydrogens (tertiary/aromatic N) is 3. The van der Waals surface area contributed by atoms with Crippen LogP contribution >= 0.6 is 0 Å². The van der Waals surface area contributed by atoms with Crippen molar-refractivity contribution in [2.45, 2.75) is 85.3 Å². The van der Waals surface area contributed by atoms with Gasteiger partial charge in [-0.3, -0.25) is 0 Å². The van der Waals surface area contributed by atoms with Crippen LogP contribution in [0.3, 0.4) is 0 Å². The summed E-state index contributed by atoms with van der Waals surface area (Å²) in [5, 5.41) is 15.3. The molecule has 0 amide bonds. The first-order valence-electron chi connectivity index (χ1n) is 9.94. The largest absolute Gasteiger partial charge is 0.383 e. The first-order valence-corrected chi connectivity index (χ1v) is 9.94. The molecule has 3 rings (SSSR count). The second kappa shape index (κ2) is 5.92. The molecular formula is C20H35N3O. The molecular weight excluding hydrogens is 298 g/mol. The monoisotopic (exact) mass is 333 g/mol. The Morgan fingerprint density at radius 3 is 2.29 bits per heavy atom. The molecule has 0 aromatic heterocycles. The highest BCUT2D eigenvalue weighted by molar-refractivity contribution is 5.08. The summed E-state index contributed by atoms with van der Waals surface area (Å²) in [7, 11) is 0. The van der Waals surface area contributed by atoms with Crippen molar-refractivity contribution in [3.8, 4) is 0 Å². The van der Waals surface area contributed by atoms with Gasteiger partial charge in [-0.25, -0.2) is 0 Å². The summed E-state index contributed by atoms with van der Waals surface area (Å²) in [6, 6.07) is 0. The van der Waals surface area contributed by atoms with Gasteiger partial charge >= 0.3 is 0 Å². The fraction of sp³-hybridized carbons (Fsp3) is 1.00. The summed E-state index contributed by atoms with van der Waals surface area (Å²) in [4.78, 5) is 3.04. The lowest BCUT2D eigenvalue weighted by Crippen LogP contribution is -2.57. The van der Waals surface area contributed by atoms with Gasteiger partial charge in [0.15, 0.2) is 0 Å². The van der Waals surface area contributed by atoms with Crippen molar-refractivity contribution in [2.24, 2.45) is 45.5 Å². The van der Waals surface area contributed by atoms with Crippen LogP contribution in [0.4, 0.5) is 0 Å². The maximum atomic E-state index is 11.3. The van der Waals surface area contributed by atoms with Crippen LogP contribution in [-0.4, -0.2) is 10.8 Å². The van der Waals surface area contributed by atoms with E-state index in [0.717, 1.165) is 31.1 Å². The van der Waals surface area contributed by atoms with E-state index in [9.17, 15) is 5.11 Å². The van der Waals surface area contributed by atoms with E-state index in [0.29, 0.717) is 29.6 Å². The Bertz CT molecular complexity index is 541. The highest BCUT2D eigenvalue weighted by Crippen LogP contribution is 2.62. The van der Waals surface area contributed by atoms with Gasteiger partial charge in [-0.05, 0) is 79.1 Å². The quantitative estimate of drug-likeness (QED) is 0.362. The van der Waals surface area contributed by atoms with E-state index in [2.05, 4.69) is 44.6 Å². The molecule has 0 aromatic rings. The Balaban J connectivity index is 2.03. The van der Waals surface area contributed by atoms with Gasteiger partial charge in [0.05, 0.1) is 0 Å². The van der Waals surface area contributed by atoms with Gasteiger partial charge in [0.2, 0.25) is 0 Å². The molecule has 0 aromatic carbocycles. The van der Waals surface area contributed by atoms with Crippen LogP contribution in [0.1, 0.15) is 79.6 Å². The van der Waals surface area contributed by atoms with Gasteiger partial charge in [-0.1, -0.05) is 46.2 Å². The summed E-state index contributed by atoms with van der Waals surface area (Å²) < 4.78 is 0. The Morgan fingerprint density at radius 1 is 0.958 bits per heavy atom. The molecule has 2 bridgehead atoms. The van der Waals surface area contributed by atoms with Crippen molar-refractivity contribution in [2.75, 3.05) is 0 Å². The number of fused-ring (bicyclic) bond motifs is 3. The number of aliphatic hydroxyl groups is 1. The molecule has 24 heavy (non-hydrogen) atoms. The van der Waals surface area contributed by atoms with Crippen LogP contribution in [-0.2, 0) is 0 Å². The van der Waals surface area contributed by atoms with Gasteiger partial charge in [-0.2, -0.15) is 0 Å². The van der Waals surface area contributed by atoms with E-state index in [1.54, 1.807) is 0 Å². The minimum Gasteiger partial charge on any atom is -0.383 e. The lowest BCUT2D eigenvalue weighted by atomic mass is 9.47. The lowest BCUT2D eigenvalue weighted by molar-refractivity contribution is -0.178. The minimum atomic E-state index is -1.21. The van der Waals surface area contributed by atoms with Gasteiger partial charge < -0.3 is 5.11 Å². The van der Waals surface area contributed by atoms with Crippen molar-refractivity contribution < 1.29 is 5.11 Å². The van der Waals surface area contributed by atoms with Crippen LogP contribution in [0.25, 0.3) is 10.4 Å². The zero-order valence-corrected chi connectivity index (χ0v) is 16.1. The molecule has 3 aliphatic carbocycles. The van der Waals surface area contributed by atoms with Crippen LogP contribution in [0.15, 0.2) is 5.11 Å². The second-order valence-corrected chi connectivity index (χ2v) is 10.00. The number of rotatable bonds is 1. The molecule has 3 aliphatic rings. The number of hydrogen-bond donors (Lipinski definition) is 1. The predicted molar refractivity (Wildman–Crippen MR) is 97.1 cm³/mol. The van der Waals surface area contributed by atoms with E-state index in [1.165, 1.54) is 19.3 Å². The molecule has 136 valence electrons. The maximum absolute atomic E-state index is 11.3. The topological polar surface area (TPSA) is 69.0 Å². The van der Waals surface area contributed by atoms with Crippen molar-refractivity contribution in [3.05, 3.63) is 10.4 Å². The normalized spacial score (nSPS) is 50.8. The van der Waals surface area contributed by atoms with Crippen molar-refractivity contribution in [1.82, 2.24) is 0 Å². The minimum absolute atomic E-state index is 0.291. The summed E-state index contributed by atoms with van der Waals surface area (Å²) in [6.07, 6.45) is 7.52. The Labute approximate surface area is 147 Å². The van der Waals surface area contributed by atoms with Crippen LogP contribution in [0.2, 0.25) is 0 Å². The molecule has 1 N–H and O–H groups in total. The van der Waals surface area contributed by atoms with Crippen molar-refractivity contribution >= 4 is 0 Å². The first kappa shape index (κ1) is 18.1. The Morgan fingerprint density at radius 2 is 1.62 bits per heavy atom. The zero-order chi connectivity index (χ0) is 17.8. The molecule has 1 unspecified atom stereocenters. The maximum Gasteiger partial charge on any atom is 0.149 e. The smallest absolute Gasteiger partial charge is 0.149 e. The molecule has 0 saturated heterocycles. The lowest BCUT2D eigenvalue weighted by Gasteiger charge is -2.60. The molecule has 0 aliphatic heterocycles. The van der Waals surface area contributed by atoms with Crippen LogP contribution in [0, 0.1) is 40.4 Å². The van der Waals surface area contributed by atoms with Crippen LogP contribution < -0.4 is 0 Å². The molecule has 0 radical (unpaired) electrons. The van der Waals surface area contributed by atoms with Crippen LogP contribution in [0.5, 0.6) is 0 Å². The molecule has 4 heteroatoms. The van der Waals surface area contributed by atoms with Gasteiger partial charge in [0.1, 0.15) is 5.72 Å². The fourth-order valence-electron chi connectivity index (χ4n) is 6.87. The van der Waals surface area contributed by atoms with Crippen molar-refractivity contribution in [1.29, 1.82) is 0 Å². The van der Waals surface area contributed by atoms with Crippen molar-refractivity contribution in [3.63, 3.8) is 0 Å². The highest BCUT2D eigenvalue weighted by atomic mass is 16.3. The highest BCUT2D eigenvalue weighted by Gasteiger charge is 2.59. The standard InChI is InChI=1S/C20H35N3O/c1-13-6-7-15-12-17-14(2)8-11-20(24,22-23-21)19(17,5)10-9-16(13)18(15,3)4/h13-17,24H,6-12H2,1-5H3/t13-,14-,15+,16+,17-,19+,20?/m1/s1. The average molecular weight is 334 g/mol. The molecule has 0 spiro atoms.